The van der Waals surface area contributed by atoms with Crippen LogP contribution in [-0.2, 0) is 6.54 Å². The second kappa shape index (κ2) is 7.49. The zero-order valence-corrected chi connectivity index (χ0v) is 13.3. The lowest BCUT2D eigenvalue weighted by Crippen LogP contribution is -2.40. The van der Waals surface area contributed by atoms with E-state index in [1.807, 2.05) is 0 Å². The van der Waals surface area contributed by atoms with Gasteiger partial charge in [0, 0.05) is 17.9 Å². The first kappa shape index (κ1) is 16.6. The lowest BCUT2D eigenvalue weighted by molar-refractivity contribution is -0.274. The Balaban J connectivity index is 1.93. The quantitative estimate of drug-likeness (QED) is 0.648. The smallest absolute Gasteiger partial charge is 0.406 e. The molecule has 0 aromatic heterocycles. The van der Waals surface area contributed by atoms with Gasteiger partial charge in [-0.15, -0.1) is 13.2 Å². The number of benzene rings is 1. The van der Waals surface area contributed by atoms with Crippen LogP contribution in [0.25, 0.3) is 0 Å². The van der Waals surface area contributed by atoms with Gasteiger partial charge in [0.05, 0.1) is 0 Å². The van der Waals surface area contributed by atoms with Crippen molar-refractivity contribution in [2.24, 2.45) is 0 Å². The molecule has 1 aromatic carbocycles. The molecule has 2 rings (SSSR count). The van der Waals surface area contributed by atoms with Crippen LogP contribution in [0.15, 0.2) is 24.3 Å². The minimum Gasteiger partial charge on any atom is -0.406 e. The molecule has 2 nitrogen and oxygen atoms in total. The minimum absolute atomic E-state index is 0.165. The first-order chi connectivity index (χ1) is 9.98. The maximum atomic E-state index is 12.1. The van der Waals surface area contributed by atoms with Gasteiger partial charge in [0.1, 0.15) is 5.75 Å². The standard InChI is InChI=1S/C15H19BrF3NO/c16-9-2-10-20(13-3-1-4-13)11-12-5-7-14(8-6-12)21-15(17,18)19/h5-8,13H,1-4,9-11H2. The molecule has 0 heterocycles. The number of halogens is 4. The average molecular weight is 366 g/mol. The molecule has 0 amide bonds. The van der Waals surface area contributed by atoms with Crippen molar-refractivity contribution in [2.75, 3.05) is 11.9 Å². The van der Waals surface area contributed by atoms with Gasteiger partial charge in [0.15, 0.2) is 0 Å². The van der Waals surface area contributed by atoms with Crippen LogP contribution >= 0.6 is 15.9 Å². The molecule has 1 aromatic rings. The van der Waals surface area contributed by atoms with Gasteiger partial charge in [0.25, 0.3) is 0 Å². The van der Waals surface area contributed by atoms with E-state index in [0.717, 1.165) is 30.4 Å². The van der Waals surface area contributed by atoms with E-state index >= 15 is 0 Å². The summed E-state index contributed by atoms with van der Waals surface area (Å²) < 4.78 is 40.2. The van der Waals surface area contributed by atoms with Crippen LogP contribution in [0, 0.1) is 0 Å². The monoisotopic (exact) mass is 365 g/mol. The third-order valence-electron chi connectivity index (χ3n) is 3.71. The molecule has 1 saturated carbocycles. The molecule has 0 unspecified atom stereocenters. The summed E-state index contributed by atoms with van der Waals surface area (Å²) in [6, 6.07) is 6.80. The highest BCUT2D eigenvalue weighted by Crippen LogP contribution is 2.27. The number of hydrogen-bond acceptors (Lipinski definition) is 2. The molecule has 0 radical (unpaired) electrons. The van der Waals surface area contributed by atoms with Gasteiger partial charge < -0.3 is 4.74 Å². The molecule has 0 spiro atoms. The van der Waals surface area contributed by atoms with Crippen molar-refractivity contribution in [1.29, 1.82) is 0 Å². The molecule has 0 atom stereocenters. The second-order valence-electron chi connectivity index (χ2n) is 5.29. The van der Waals surface area contributed by atoms with E-state index in [1.54, 1.807) is 12.1 Å². The Morgan fingerprint density at radius 1 is 1.19 bits per heavy atom. The Labute approximate surface area is 131 Å². The maximum absolute atomic E-state index is 12.1. The third-order valence-corrected chi connectivity index (χ3v) is 4.27. The molecule has 6 heteroatoms. The highest BCUT2D eigenvalue weighted by atomic mass is 79.9. The highest BCUT2D eigenvalue weighted by molar-refractivity contribution is 9.09. The van der Waals surface area contributed by atoms with Crippen molar-refractivity contribution in [3.05, 3.63) is 29.8 Å². The average Bonchev–Trinajstić information content (AvgIpc) is 2.34. The fourth-order valence-corrected chi connectivity index (χ4v) is 2.69. The Kier molecular flexibility index (Phi) is 5.93. The fourth-order valence-electron chi connectivity index (χ4n) is 2.44. The van der Waals surface area contributed by atoms with Crippen molar-refractivity contribution in [3.63, 3.8) is 0 Å². The molecule has 1 aliphatic carbocycles. The van der Waals surface area contributed by atoms with E-state index in [4.69, 9.17) is 0 Å². The van der Waals surface area contributed by atoms with E-state index in [1.165, 1.54) is 31.4 Å². The van der Waals surface area contributed by atoms with Crippen LogP contribution in [0.1, 0.15) is 31.2 Å². The minimum atomic E-state index is -4.63. The summed E-state index contributed by atoms with van der Waals surface area (Å²) in [5.74, 6) is -0.165. The summed E-state index contributed by atoms with van der Waals surface area (Å²) in [6.07, 6.45) is 0.157. The second-order valence-corrected chi connectivity index (χ2v) is 6.08. The lowest BCUT2D eigenvalue weighted by atomic mass is 9.91. The van der Waals surface area contributed by atoms with Crippen molar-refractivity contribution in [3.8, 4) is 5.75 Å². The summed E-state index contributed by atoms with van der Waals surface area (Å²) in [7, 11) is 0. The normalized spacial score (nSPS) is 16.0. The van der Waals surface area contributed by atoms with Gasteiger partial charge in [-0.1, -0.05) is 34.5 Å². The summed E-state index contributed by atoms with van der Waals surface area (Å²) in [5.41, 5.74) is 1.02. The summed E-state index contributed by atoms with van der Waals surface area (Å²) in [5, 5.41) is 0.967. The molecule has 21 heavy (non-hydrogen) atoms. The molecule has 1 fully saturated rings. The highest BCUT2D eigenvalue weighted by Gasteiger charge is 2.31. The Morgan fingerprint density at radius 2 is 1.86 bits per heavy atom. The molecule has 118 valence electrons. The molecule has 0 aliphatic heterocycles. The number of alkyl halides is 4. The molecule has 1 aliphatic rings. The van der Waals surface area contributed by atoms with Crippen LogP contribution in [0.5, 0.6) is 5.75 Å². The number of nitrogens with zero attached hydrogens (tertiary/aromatic N) is 1. The van der Waals surface area contributed by atoms with Gasteiger partial charge in [0.2, 0.25) is 0 Å². The van der Waals surface area contributed by atoms with E-state index < -0.39 is 6.36 Å². The van der Waals surface area contributed by atoms with Crippen molar-refractivity contribution < 1.29 is 17.9 Å². The summed E-state index contributed by atoms with van der Waals surface area (Å²) in [4.78, 5) is 2.42. The van der Waals surface area contributed by atoms with E-state index in [-0.39, 0.29) is 5.75 Å². The predicted octanol–water partition coefficient (Wildman–Crippen LogP) is 4.72. The Bertz CT molecular complexity index is 432. The number of rotatable bonds is 7. The molecule has 0 bridgehead atoms. The van der Waals surface area contributed by atoms with Crippen LogP contribution in [0.2, 0.25) is 0 Å². The SMILES string of the molecule is FC(F)(F)Oc1ccc(CN(CCCBr)C2CCC2)cc1. The molecular weight excluding hydrogens is 347 g/mol. The van der Waals surface area contributed by atoms with Gasteiger partial charge in [-0.25, -0.2) is 0 Å². The third kappa shape index (κ3) is 5.51. The van der Waals surface area contributed by atoms with Crippen LogP contribution in [0.4, 0.5) is 13.2 Å². The van der Waals surface area contributed by atoms with Crippen molar-refractivity contribution >= 4 is 15.9 Å². The van der Waals surface area contributed by atoms with Crippen molar-refractivity contribution in [1.82, 2.24) is 4.90 Å². The Morgan fingerprint density at radius 3 is 2.33 bits per heavy atom. The van der Waals surface area contributed by atoms with E-state index in [2.05, 4.69) is 25.6 Å². The van der Waals surface area contributed by atoms with Crippen molar-refractivity contribution in [2.45, 2.75) is 44.6 Å². The van der Waals surface area contributed by atoms with Gasteiger partial charge in [-0.3, -0.25) is 4.90 Å². The largest absolute Gasteiger partial charge is 0.573 e. The topological polar surface area (TPSA) is 12.5 Å². The summed E-state index contributed by atoms with van der Waals surface area (Å²) >= 11 is 3.44. The van der Waals surface area contributed by atoms with E-state index in [9.17, 15) is 13.2 Å². The summed E-state index contributed by atoms with van der Waals surface area (Å²) in [6.45, 7) is 1.79. The van der Waals surface area contributed by atoms with Gasteiger partial charge >= 0.3 is 6.36 Å². The van der Waals surface area contributed by atoms with E-state index in [0.29, 0.717) is 6.04 Å². The van der Waals surface area contributed by atoms with Gasteiger partial charge in [-0.05, 0) is 43.5 Å². The van der Waals surface area contributed by atoms with Crippen LogP contribution in [-0.4, -0.2) is 29.2 Å². The van der Waals surface area contributed by atoms with Crippen LogP contribution < -0.4 is 4.74 Å². The maximum Gasteiger partial charge on any atom is 0.573 e. The molecular formula is C15H19BrF3NO. The predicted molar refractivity (Wildman–Crippen MR) is 79.6 cm³/mol. The Hall–Kier alpha value is -0.750. The molecule has 0 saturated heterocycles. The number of hydrogen-bond donors (Lipinski definition) is 0. The lowest BCUT2D eigenvalue weighted by Gasteiger charge is -2.37. The van der Waals surface area contributed by atoms with Gasteiger partial charge in [-0.2, -0.15) is 0 Å². The first-order valence-electron chi connectivity index (χ1n) is 7.12. The molecule has 0 N–H and O–H groups in total. The number of ether oxygens (including phenoxy) is 1. The van der Waals surface area contributed by atoms with Crippen LogP contribution in [0.3, 0.4) is 0 Å². The zero-order valence-electron chi connectivity index (χ0n) is 11.7. The fraction of sp³-hybridized carbons (Fsp3) is 0.600. The zero-order chi connectivity index (χ0) is 15.3. The first-order valence-corrected chi connectivity index (χ1v) is 8.25.